The van der Waals surface area contributed by atoms with Crippen LogP contribution in [0.3, 0.4) is 0 Å². The normalized spacial score (nSPS) is 17.4. The van der Waals surface area contributed by atoms with Crippen molar-refractivity contribution in [1.29, 1.82) is 0 Å². The summed E-state index contributed by atoms with van der Waals surface area (Å²) in [5.74, 6) is -3.38. The molecule has 4 fully saturated rings. The van der Waals surface area contributed by atoms with Crippen LogP contribution in [0.2, 0.25) is 0 Å². The molecule has 288 valence electrons. The van der Waals surface area contributed by atoms with Gasteiger partial charge in [-0.2, -0.15) is 4.39 Å². The number of piperidine rings is 2. The smallest absolute Gasteiger partial charge is 0.305 e. The minimum Gasteiger partial charge on any atom is -0.378 e. The molecule has 6 rings (SSSR count). The molecule has 0 atom stereocenters. The summed E-state index contributed by atoms with van der Waals surface area (Å²) in [7, 11) is 0. The molecule has 2 amide bonds. The van der Waals surface area contributed by atoms with Gasteiger partial charge in [0.1, 0.15) is 17.3 Å². The number of carbonyl (C=O) groups excluding carboxylic acids is 2. The van der Waals surface area contributed by atoms with Gasteiger partial charge in [-0.15, -0.1) is 0 Å². The number of carbonyl (C=O) groups is 2. The number of hydrogen-bond donors (Lipinski definition) is 1. The molecule has 0 radical (unpaired) electrons. The van der Waals surface area contributed by atoms with Crippen LogP contribution in [0.1, 0.15) is 57.1 Å². The number of nitrogens with one attached hydrogen (secondary N) is 1. The van der Waals surface area contributed by atoms with E-state index in [1.165, 1.54) is 49.4 Å². The van der Waals surface area contributed by atoms with Crippen molar-refractivity contribution in [3.05, 3.63) is 73.1 Å². The quantitative estimate of drug-likeness (QED) is 0.309. The first-order chi connectivity index (χ1) is 24.5. The second kappa shape index (κ2) is 21.2. The second-order valence-electron chi connectivity index (χ2n) is 12.5. The first kappa shape index (κ1) is 42.1. The largest absolute Gasteiger partial charge is 0.378 e. The maximum atomic E-state index is 14.5. The fourth-order valence-corrected chi connectivity index (χ4v) is 6.10. The van der Waals surface area contributed by atoms with Crippen LogP contribution < -0.4 is 10.2 Å². The molecule has 14 nitrogen and oxygen atoms in total. The number of morpholine rings is 2. The van der Waals surface area contributed by atoms with Gasteiger partial charge in [-0.25, -0.2) is 8.78 Å². The zero-order valence-corrected chi connectivity index (χ0v) is 28.6. The van der Waals surface area contributed by atoms with Crippen molar-refractivity contribution in [2.45, 2.75) is 58.8 Å². The molecular formula is C35H49F3N6O8. The summed E-state index contributed by atoms with van der Waals surface area (Å²) in [6.07, 6.45) is 6.66. The molecular weight excluding hydrogens is 689 g/mol. The van der Waals surface area contributed by atoms with Crippen molar-refractivity contribution in [3.8, 4) is 0 Å². The lowest BCUT2D eigenvalue weighted by atomic mass is 10.1. The van der Waals surface area contributed by atoms with Crippen molar-refractivity contribution >= 4 is 28.9 Å². The zero-order chi connectivity index (χ0) is 36.8. The van der Waals surface area contributed by atoms with Gasteiger partial charge in [-0.05, 0) is 45.2 Å². The molecule has 0 saturated carbocycles. The van der Waals surface area contributed by atoms with Crippen LogP contribution in [0.25, 0.3) is 0 Å². The van der Waals surface area contributed by atoms with Crippen LogP contribution in [-0.4, -0.2) is 110 Å². The van der Waals surface area contributed by atoms with E-state index in [1.807, 2.05) is 4.90 Å². The van der Waals surface area contributed by atoms with E-state index in [0.29, 0.717) is 77.4 Å². The molecule has 17 heteroatoms. The lowest BCUT2D eigenvalue weighted by molar-refractivity contribution is -0.387. The summed E-state index contributed by atoms with van der Waals surface area (Å²) in [4.78, 5) is 49.8. The van der Waals surface area contributed by atoms with Crippen LogP contribution >= 0.6 is 0 Å². The number of halogens is 3. The fourth-order valence-electron chi connectivity index (χ4n) is 6.10. The number of rotatable bonds is 7. The Morgan fingerprint density at radius 3 is 1.50 bits per heavy atom. The highest BCUT2D eigenvalue weighted by molar-refractivity contribution is 5.80. The molecule has 0 unspecified atom stereocenters. The van der Waals surface area contributed by atoms with Crippen LogP contribution in [0.15, 0.2) is 24.3 Å². The minimum atomic E-state index is -1.25. The average molecular weight is 739 g/mol. The molecule has 2 aromatic carbocycles. The van der Waals surface area contributed by atoms with E-state index in [4.69, 9.17) is 9.47 Å². The Hall–Kier alpha value is -4.35. The van der Waals surface area contributed by atoms with Crippen molar-refractivity contribution in [2.75, 3.05) is 83.7 Å². The third kappa shape index (κ3) is 12.4. The van der Waals surface area contributed by atoms with Gasteiger partial charge >= 0.3 is 5.69 Å². The first-order valence-electron chi connectivity index (χ1n) is 17.3. The molecule has 0 aliphatic carbocycles. The molecule has 0 spiro atoms. The predicted octanol–water partition coefficient (Wildman–Crippen LogP) is 4.80. The molecule has 0 bridgehead atoms. The standard InChI is InChI=1S/C17H22FN3O4.C12H12F2N2O4.C5H11N.CH4/c18-14-12-15(19-4-2-1-3-5-19)16(21(23)24)10-13(14)11-17(22)20-6-8-25-9-7-20;13-9-7-10(14)11(16(18)19)5-8(9)6-12(17)15-1-3-20-4-2-15;1-2-4-6-5-3-1;/h10,12H,1-9,11H2;5,7H,1-4,6H2;6H,1-5H2;1H4. The molecule has 52 heavy (non-hydrogen) atoms. The van der Waals surface area contributed by atoms with Crippen molar-refractivity contribution in [2.24, 2.45) is 0 Å². The van der Waals surface area contributed by atoms with E-state index in [1.54, 1.807) is 4.90 Å². The highest BCUT2D eigenvalue weighted by Crippen LogP contribution is 2.33. The summed E-state index contributed by atoms with van der Waals surface area (Å²) in [6.45, 7) is 7.31. The van der Waals surface area contributed by atoms with Crippen LogP contribution in [-0.2, 0) is 31.9 Å². The van der Waals surface area contributed by atoms with Crippen LogP contribution in [0, 0.1) is 37.7 Å². The number of nitro groups is 2. The molecule has 4 heterocycles. The lowest BCUT2D eigenvalue weighted by Gasteiger charge is -2.29. The summed E-state index contributed by atoms with van der Waals surface area (Å²) >= 11 is 0. The Morgan fingerprint density at radius 1 is 0.635 bits per heavy atom. The summed E-state index contributed by atoms with van der Waals surface area (Å²) in [6, 6.07) is 3.63. The average Bonchev–Trinajstić information content (AvgIpc) is 3.15. The topological polar surface area (TPSA) is 161 Å². The third-order valence-corrected chi connectivity index (χ3v) is 8.97. The van der Waals surface area contributed by atoms with Gasteiger partial charge in [0.25, 0.3) is 5.69 Å². The summed E-state index contributed by atoms with van der Waals surface area (Å²) in [5.41, 5.74) is -0.771. The Balaban J connectivity index is 0.000000241. The number of hydrogen-bond acceptors (Lipinski definition) is 10. The van der Waals surface area contributed by atoms with E-state index < -0.39 is 33.0 Å². The van der Waals surface area contributed by atoms with E-state index in [9.17, 15) is 43.0 Å². The number of nitrogens with zero attached hydrogens (tertiary/aromatic N) is 5. The number of amides is 2. The summed E-state index contributed by atoms with van der Waals surface area (Å²) in [5, 5.41) is 25.3. The van der Waals surface area contributed by atoms with Crippen LogP contribution in [0.5, 0.6) is 0 Å². The molecule has 4 aliphatic heterocycles. The molecule has 0 aromatic heterocycles. The number of anilines is 1. The predicted molar refractivity (Wildman–Crippen MR) is 188 cm³/mol. The number of ether oxygens (including phenoxy) is 2. The Bertz CT molecular complexity index is 1500. The Labute approximate surface area is 301 Å². The summed E-state index contributed by atoms with van der Waals surface area (Å²) < 4.78 is 51.6. The molecule has 4 aliphatic rings. The van der Waals surface area contributed by atoms with Gasteiger partial charge in [-0.1, -0.05) is 13.8 Å². The van der Waals surface area contributed by atoms with Crippen molar-refractivity contribution < 1.29 is 42.1 Å². The molecule has 2 aromatic rings. The van der Waals surface area contributed by atoms with Gasteiger partial charge in [0.05, 0.1) is 49.1 Å². The van der Waals surface area contributed by atoms with Gasteiger partial charge in [0.15, 0.2) is 0 Å². The van der Waals surface area contributed by atoms with Crippen molar-refractivity contribution in [3.63, 3.8) is 0 Å². The van der Waals surface area contributed by atoms with Gasteiger partial charge in [0, 0.05) is 74.7 Å². The lowest BCUT2D eigenvalue weighted by Crippen LogP contribution is -2.41. The fraction of sp³-hybridized carbons (Fsp3) is 0.600. The van der Waals surface area contributed by atoms with E-state index in [-0.39, 0.29) is 48.9 Å². The molecule has 4 saturated heterocycles. The highest BCUT2D eigenvalue weighted by atomic mass is 19.1. The molecule has 1 N–H and O–H groups in total. The van der Waals surface area contributed by atoms with E-state index in [0.717, 1.165) is 25.3 Å². The zero-order valence-electron chi connectivity index (χ0n) is 28.6. The Morgan fingerprint density at radius 2 is 1.08 bits per heavy atom. The maximum Gasteiger partial charge on any atom is 0.305 e. The first-order valence-corrected chi connectivity index (χ1v) is 17.3. The third-order valence-electron chi connectivity index (χ3n) is 8.97. The number of benzene rings is 2. The Kier molecular flexibility index (Phi) is 17.2. The van der Waals surface area contributed by atoms with Crippen molar-refractivity contribution in [1.82, 2.24) is 15.1 Å². The monoisotopic (exact) mass is 738 g/mol. The van der Waals surface area contributed by atoms with Crippen LogP contribution in [0.4, 0.5) is 30.2 Å². The minimum absolute atomic E-state index is 0. The van der Waals surface area contributed by atoms with Gasteiger partial charge < -0.3 is 29.5 Å². The van der Waals surface area contributed by atoms with E-state index >= 15 is 0 Å². The highest BCUT2D eigenvalue weighted by Gasteiger charge is 2.27. The van der Waals surface area contributed by atoms with E-state index in [2.05, 4.69) is 5.32 Å². The second-order valence-corrected chi connectivity index (χ2v) is 12.5. The SMILES string of the molecule is C.C1CCNCC1.O=C(Cc1cc([N+](=O)[O-])c(F)cc1F)N1CCOCC1.O=C(Cc1cc([N+](=O)[O-])c(N2CCCCC2)cc1F)N1CCOCC1. The van der Waals surface area contributed by atoms with Gasteiger partial charge in [-0.3, -0.25) is 29.8 Å². The van der Waals surface area contributed by atoms with Gasteiger partial charge in [0.2, 0.25) is 17.6 Å². The number of nitro benzene ring substituents is 2. The maximum absolute atomic E-state index is 14.5.